The van der Waals surface area contributed by atoms with Gasteiger partial charge >= 0.3 is 0 Å². The van der Waals surface area contributed by atoms with Crippen LogP contribution in [0.3, 0.4) is 0 Å². The summed E-state index contributed by atoms with van der Waals surface area (Å²) in [6.07, 6.45) is 0.574. The minimum Gasteiger partial charge on any atom is -0.299 e. The first-order chi connectivity index (χ1) is 5.07. The topological polar surface area (TPSA) is 17.1 Å². The molecule has 1 aliphatic carbocycles. The predicted molar refractivity (Wildman–Crippen MR) is 32.9 cm³/mol. The number of rotatable bonds is 1. The fourth-order valence-electron chi connectivity index (χ4n) is 0.764. The van der Waals surface area contributed by atoms with Gasteiger partial charge < -0.3 is 0 Å². The lowest BCUT2D eigenvalue weighted by Crippen LogP contribution is -2.23. The molecule has 4 heteroatoms. The van der Waals surface area contributed by atoms with Gasteiger partial charge in [-0.25, -0.2) is 13.2 Å². The maximum absolute atomic E-state index is 12.8. The number of carbonyl (C=O) groups is 1. The van der Waals surface area contributed by atoms with Gasteiger partial charge in [0.2, 0.25) is 0 Å². The minimum absolute atomic E-state index is 0.0461. The highest BCUT2D eigenvalue weighted by molar-refractivity contribution is 5.67. The van der Waals surface area contributed by atoms with E-state index in [1.54, 1.807) is 0 Å². The van der Waals surface area contributed by atoms with E-state index in [9.17, 15) is 18.0 Å². The molecule has 11 heavy (non-hydrogen) atoms. The van der Waals surface area contributed by atoms with Gasteiger partial charge in [-0.15, -0.1) is 0 Å². The van der Waals surface area contributed by atoms with Crippen molar-refractivity contribution in [3.8, 4) is 0 Å². The number of hydrogen-bond donors (Lipinski definition) is 0. The van der Waals surface area contributed by atoms with Crippen LogP contribution in [-0.4, -0.2) is 12.0 Å². The molecule has 0 N–H and O–H groups in total. The van der Waals surface area contributed by atoms with Crippen LogP contribution in [0.4, 0.5) is 13.2 Å². The predicted octanol–water partition coefficient (Wildman–Crippen LogP) is 2.00. The summed E-state index contributed by atoms with van der Waals surface area (Å²) in [5.74, 6) is -2.43. The van der Waals surface area contributed by atoms with Crippen molar-refractivity contribution >= 4 is 6.29 Å². The van der Waals surface area contributed by atoms with Crippen molar-refractivity contribution in [2.45, 2.75) is 12.1 Å². The molecule has 0 bridgehead atoms. The summed E-state index contributed by atoms with van der Waals surface area (Å²) in [4.78, 5) is 10.00. The molecule has 1 nitrogen and oxygen atoms in total. The molecule has 0 heterocycles. The lowest BCUT2D eigenvalue weighted by Gasteiger charge is -2.15. The highest BCUT2D eigenvalue weighted by Gasteiger charge is 2.30. The monoisotopic (exact) mass is 162 g/mol. The molecule has 0 aliphatic heterocycles. The molecule has 0 aromatic rings. The second kappa shape index (κ2) is 2.53. The Kier molecular flexibility index (Phi) is 1.85. The number of alkyl halides is 1. The van der Waals surface area contributed by atoms with Crippen LogP contribution in [0.25, 0.3) is 0 Å². The van der Waals surface area contributed by atoms with E-state index in [-0.39, 0.29) is 6.29 Å². The normalized spacial score (nSPS) is 30.8. The minimum atomic E-state index is -2.36. The van der Waals surface area contributed by atoms with Crippen LogP contribution in [0.5, 0.6) is 0 Å². The zero-order chi connectivity index (χ0) is 8.48. The van der Waals surface area contributed by atoms with E-state index in [4.69, 9.17) is 0 Å². The van der Waals surface area contributed by atoms with E-state index in [2.05, 4.69) is 0 Å². The summed E-state index contributed by atoms with van der Waals surface area (Å²) >= 11 is 0. The molecule has 0 aromatic carbocycles. The first kappa shape index (κ1) is 8.04. The van der Waals surface area contributed by atoms with Gasteiger partial charge in [0.1, 0.15) is 0 Å². The molecule has 0 radical (unpaired) electrons. The van der Waals surface area contributed by atoms with Gasteiger partial charge in [-0.3, -0.25) is 4.79 Å². The van der Waals surface area contributed by atoms with Crippen molar-refractivity contribution in [3.05, 3.63) is 23.8 Å². The van der Waals surface area contributed by atoms with Gasteiger partial charge in [0.15, 0.2) is 23.6 Å². The van der Waals surface area contributed by atoms with Gasteiger partial charge in [-0.1, -0.05) is 0 Å². The number of halogens is 3. The molecule has 0 spiro atoms. The average molecular weight is 162 g/mol. The van der Waals surface area contributed by atoms with Crippen molar-refractivity contribution in [1.29, 1.82) is 0 Å². The summed E-state index contributed by atoms with van der Waals surface area (Å²) in [5.41, 5.74) is -2.36. The molecular weight excluding hydrogens is 157 g/mol. The van der Waals surface area contributed by atoms with Gasteiger partial charge in [-0.2, -0.15) is 0 Å². The van der Waals surface area contributed by atoms with Crippen molar-refractivity contribution in [2.75, 3.05) is 0 Å². The molecule has 1 rings (SSSR count). The lowest BCUT2D eigenvalue weighted by molar-refractivity contribution is -0.115. The highest BCUT2D eigenvalue weighted by Crippen LogP contribution is 2.29. The van der Waals surface area contributed by atoms with E-state index in [1.165, 1.54) is 0 Å². The number of hydrogen-bond acceptors (Lipinski definition) is 1. The molecule has 1 aliphatic rings. The Morgan fingerprint density at radius 2 is 2.09 bits per heavy atom. The van der Waals surface area contributed by atoms with Crippen LogP contribution in [0.1, 0.15) is 6.42 Å². The summed E-state index contributed by atoms with van der Waals surface area (Å²) in [7, 11) is 0. The van der Waals surface area contributed by atoms with E-state index in [0.29, 0.717) is 12.2 Å². The van der Waals surface area contributed by atoms with Crippen molar-refractivity contribution in [3.63, 3.8) is 0 Å². The quantitative estimate of drug-likeness (QED) is 0.539. The smallest absolute Gasteiger partial charge is 0.190 e. The number of aldehydes is 1. The second-order valence-corrected chi connectivity index (χ2v) is 2.29. The fraction of sp³-hybridized carbons (Fsp3) is 0.286. The average Bonchev–Trinajstić information content (AvgIpc) is 1.98. The van der Waals surface area contributed by atoms with Crippen molar-refractivity contribution in [2.24, 2.45) is 0 Å². The Labute approximate surface area is 61.2 Å². The van der Waals surface area contributed by atoms with Crippen molar-refractivity contribution in [1.82, 2.24) is 0 Å². The Morgan fingerprint density at radius 1 is 1.45 bits per heavy atom. The second-order valence-electron chi connectivity index (χ2n) is 2.29. The van der Waals surface area contributed by atoms with E-state index < -0.39 is 23.7 Å². The Morgan fingerprint density at radius 3 is 2.55 bits per heavy atom. The van der Waals surface area contributed by atoms with Crippen LogP contribution in [0, 0.1) is 0 Å². The third-order valence-electron chi connectivity index (χ3n) is 1.38. The zero-order valence-electron chi connectivity index (χ0n) is 5.48. The summed E-state index contributed by atoms with van der Waals surface area (Å²) in [6, 6.07) is 0. The third-order valence-corrected chi connectivity index (χ3v) is 1.38. The van der Waals surface area contributed by atoms with Gasteiger partial charge in [0, 0.05) is 6.42 Å². The number of allylic oxidation sites excluding steroid dienone is 4. The molecule has 0 saturated carbocycles. The van der Waals surface area contributed by atoms with Gasteiger partial charge in [0.25, 0.3) is 0 Å². The molecule has 0 fully saturated rings. The molecule has 60 valence electrons. The van der Waals surface area contributed by atoms with E-state index in [0.717, 1.165) is 0 Å². The molecule has 0 amide bonds. The summed E-state index contributed by atoms with van der Waals surface area (Å²) in [5, 5.41) is 0. The van der Waals surface area contributed by atoms with Crippen LogP contribution < -0.4 is 0 Å². The highest BCUT2D eigenvalue weighted by atomic mass is 19.2. The van der Waals surface area contributed by atoms with Crippen molar-refractivity contribution < 1.29 is 18.0 Å². The Bertz CT molecular complexity index is 244. The standard InChI is InChI=1S/C7H5F3O/c8-5-1-2-7(10,4-11)3-6(5)9/h1,3-4H,2H2. The lowest BCUT2D eigenvalue weighted by atomic mass is 9.98. The Balaban J connectivity index is 2.93. The van der Waals surface area contributed by atoms with Crippen LogP contribution in [0.15, 0.2) is 23.8 Å². The zero-order valence-corrected chi connectivity index (χ0v) is 5.48. The largest absolute Gasteiger partial charge is 0.299 e. The first-order valence-corrected chi connectivity index (χ1v) is 2.97. The van der Waals surface area contributed by atoms with E-state index >= 15 is 0 Å². The van der Waals surface area contributed by atoms with Gasteiger partial charge in [0.05, 0.1) is 0 Å². The maximum atomic E-state index is 12.8. The Hall–Kier alpha value is -1.06. The fourth-order valence-corrected chi connectivity index (χ4v) is 0.764. The summed E-state index contributed by atoms with van der Waals surface area (Å²) in [6.45, 7) is 0. The molecule has 1 unspecified atom stereocenters. The SMILES string of the molecule is O=CC1(F)C=C(F)C(F)=CC1. The first-order valence-electron chi connectivity index (χ1n) is 2.97. The third kappa shape index (κ3) is 1.50. The number of carbonyl (C=O) groups excluding carboxylic acids is 1. The van der Waals surface area contributed by atoms with Crippen LogP contribution in [-0.2, 0) is 4.79 Å². The van der Waals surface area contributed by atoms with Gasteiger partial charge in [-0.05, 0) is 12.2 Å². The molecular formula is C7H5F3O. The molecule has 0 saturated heterocycles. The molecule has 0 aromatic heterocycles. The van der Waals surface area contributed by atoms with Crippen LogP contribution >= 0.6 is 0 Å². The summed E-state index contributed by atoms with van der Waals surface area (Å²) < 4.78 is 37.3. The maximum Gasteiger partial charge on any atom is 0.190 e. The van der Waals surface area contributed by atoms with E-state index in [1.807, 2.05) is 0 Å². The molecule has 1 atom stereocenters. The van der Waals surface area contributed by atoms with Crippen LogP contribution in [0.2, 0.25) is 0 Å².